The van der Waals surface area contributed by atoms with Crippen LogP contribution in [0, 0.1) is 0 Å². The highest BCUT2D eigenvalue weighted by Gasteiger charge is 2.25. The molecule has 0 rings (SSSR count). The van der Waals surface area contributed by atoms with Gasteiger partial charge in [-0.05, 0) is 0 Å². The number of hydrogen-bond acceptors (Lipinski definition) is 4. The molecule has 0 fully saturated rings. The number of nitrogens with one attached hydrogen (secondary N) is 1. The Bertz CT molecular complexity index is 332. The molecule has 0 aliphatic rings. The summed E-state index contributed by atoms with van der Waals surface area (Å²) in [5.74, 6) is -1.92. The second-order valence-electron chi connectivity index (χ2n) is 2.51. The molecule has 0 aromatic rings. The lowest BCUT2D eigenvalue weighted by atomic mass is 10.6. The third-order valence-corrected chi connectivity index (χ3v) is 3.14. The van der Waals surface area contributed by atoms with E-state index >= 15 is 0 Å². The molecular formula is C5H12NO6PS. The molecule has 84 valence electrons. The summed E-state index contributed by atoms with van der Waals surface area (Å²) in [6.07, 6.45) is 0.977. The summed E-state index contributed by atoms with van der Waals surface area (Å²) in [5.41, 5.74) is 0. The van der Waals surface area contributed by atoms with Gasteiger partial charge in [-0.2, -0.15) is 8.42 Å². The van der Waals surface area contributed by atoms with Gasteiger partial charge in [0, 0.05) is 6.54 Å². The first-order chi connectivity index (χ1) is 6.17. The van der Waals surface area contributed by atoms with E-state index in [9.17, 15) is 13.0 Å². The minimum atomic E-state index is -4.36. The normalized spacial score (nSPS) is 15.1. The topological polar surface area (TPSA) is 124 Å². The fraction of sp³-hybridized carbons (Fsp3) is 0.600. The van der Waals surface area contributed by atoms with Crippen LogP contribution >= 0.6 is 7.60 Å². The van der Waals surface area contributed by atoms with E-state index in [1.165, 1.54) is 0 Å². The van der Waals surface area contributed by atoms with Crippen molar-refractivity contribution in [2.45, 2.75) is 5.78 Å². The highest BCUT2D eigenvalue weighted by atomic mass is 32.2. The van der Waals surface area contributed by atoms with Crippen molar-refractivity contribution >= 4 is 17.7 Å². The van der Waals surface area contributed by atoms with Crippen LogP contribution in [-0.4, -0.2) is 40.8 Å². The molecule has 0 aromatic carbocycles. The maximum Gasteiger partial charge on any atom is 0.346 e. The van der Waals surface area contributed by atoms with Gasteiger partial charge in [-0.25, -0.2) is 0 Å². The largest absolute Gasteiger partial charge is 0.346 e. The lowest BCUT2D eigenvalue weighted by molar-refractivity contribution is 0.357. The van der Waals surface area contributed by atoms with E-state index in [-0.39, 0.29) is 6.54 Å². The Morgan fingerprint density at radius 1 is 1.50 bits per heavy atom. The van der Waals surface area contributed by atoms with Crippen LogP contribution in [0.3, 0.4) is 0 Å². The maximum absolute atomic E-state index is 10.7. The van der Waals surface area contributed by atoms with Crippen molar-refractivity contribution in [3.05, 3.63) is 12.7 Å². The molecular weight excluding hydrogens is 233 g/mol. The molecule has 0 aromatic heterocycles. The van der Waals surface area contributed by atoms with Gasteiger partial charge in [-0.15, -0.1) is 6.58 Å². The Morgan fingerprint density at radius 2 is 2.00 bits per heavy atom. The van der Waals surface area contributed by atoms with Crippen molar-refractivity contribution in [1.29, 1.82) is 0 Å². The minimum Gasteiger partial charge on any atom is -0.323 e. The smallest absolute Gasteiger partial charge is 0.323 e. The van der Waals surface area contributed by atoms with Crippen LogP contribution in [0.2, 0.25) is 0 Å². The van der Waals surface area contributed by atoms with Crippen molar-refractivity contribution in [3.8, 4) is 0 Å². The van der Waals surface area contributed by atoms with Gasteiger partial charge in [0.2, 0.25) is 0 Å². The molecule has 9 heteroatoms. The van der Waals surface area contributed by atoms with Crippen molar-refractivity contribution in [1.82, 2.24) is 5.32 Å². The first-order valence-electron chi connectivity index (χ1n) is 3.53. The molecule has 4 N–H and O–H groups in total. The van der Waals surface area contributed by atoms with Gasteiger partial charge in [-0.3, -0.25) is 14.4 Å². The van der Waals surface area contributed by atoms with E-state index < -0.39 is 29.2 Å². The highest BCUT2D eigenvalue weighted by Crippen LogP contribution is 2.39. The zero-order valence-corrected chi connectivity index (χ0v) is 8.91. The zero-order chi connectivity index (χ0) is 11.4. The second-order valence-corrected chi connectivity index (χ2v) is 5.82. The predicted octanol–water partition coefficient (Wildman–Crippen LogP) is -0.846. The average molecular weight is 245 g/mol. The molecule has 1 atom stereocenters. The van der Waals surface area contributed by atoms with E-state index in [1.54, 1.807) is 0 Å². The van der Waals surface area contributed by atoms with Crippen molar-refractivity contribution in [2.75, 3.05) is 12.3 Å². The van der Waals surface area contributed by atoms with E-state index in [1.807, 2.05) is 0 Å². The Kier molecular flexibility index (Phi) is 4.93. The third-order valence-electron chi connectivity index (χ3n) is 1.30. The van der Waals surface area contributed by atoms with Gasteiger partial charge in [0.15, 0.2) is 0 Å². The van der Waals surface area contributed by atoms with Gasteiger partial charge in [0.05, 0.1) is 5.75 Å². The number of rotatable bonds is 6. The van der Waals surface area contributed by atoms with Crippen molar-refractivity contribution in [3.63, 3.8) is 0 Å². The van der Waals surface area contributed by atoms with Crippen molar-refractivity contribution in [2.24, 2.45) is 0 Å². The first kappa shape index (κ1) is 13.8. The van der Waals surface area contributed by atoms with Crippen LogP contribution in [0.5, 0.6) is 0 Å². The van der Waals surface area contributed by atoms with Crippen LogP contribution in [0.4, 0.5) is 0 Å². The Balaban J connectivity index is 4.12. The number of hydrogen-bond donors (Lipinski definition) is 4. The molecule has 1 unspecified atom stereocenters. The summed E-state index contributed by atoms with van der Waals surface area (Å²) >= 11 is 0. The van der Waals surface area contributed by atoms with Crippen LogP contribution in [0.1, 0.15) is 0 Å². The zero-order valence-electron chi connectivity index (χ0n) is 7.20. The lowest BCUT2D eigenvalue weighted by Gasteiger charge is -2.15. The van der Waals surface area contributed by atoms with Crippen molar-refractivity contribution < 1.29 is 27.3 Å². The molecule has 0 bridgehead atoms. The van der Waals surface area contributed by atoms with Crippen LogP contribution in [0.25, 0.3) is 0 Å². The van der Waals surface area contributed by atoms with E-state index in [2.05, 4.69) is 11.9 Å². The molecule has 0 radical (unpaired) electrons. The van der Waals surface area contributed by atoms with E-state index in [0.29, 0.717) is 0 Å². The summed E-state index contributed by atoms with van der Waals surface area (Å²) in [6.45, 7) is 2.91. The SMILES string of the molecule is C=CC(NCCS(=O)(=O)O)P(=O)(O)O. The second kappa shape index (κ2) is 5.01. The monoisotopic (exact) mass is 245 g/mol. The van der Waals surface area contributed by atoms with E-state index in [0.717, 1.165) is 6.08 Å². The molecule has 0 aliphatic carbocycles. The quantitative estimate of drug-likeness (QED) is 0.273. The summed E-state index contributed by atoms with van der Waals surface area (Å²) in [4.78, 5) is 17.3. The van der Waals surface area contributed by atoms with Gasteiger partial charge < -0.3 is 9.79 Å². The third kappa shape index (κ3) is 6.25. The molecule has 7 nitrogen and oxygen atoms in total. The Hall–Kier alpha value is -0.240. The first-order valence-corrected chi connectivity index (χ1v) is 6.82. The summed E-state index contributed by atoms with van der Waals surface area (Å²) in [7, 11) is -8.49. The summed E-state index contributed by atoms with van der Waals surface area (Å²) < 4.78 is 39.5. The Morgan fingerprint density at radius 3 is 2.29 bits per heavy atom. The van der Waals surface area contributed by atoms with E-state index in [4.69, 9.17) is 14.3 Å². The van der Waals surface area contributed by atoms with Gasteiger partial charge in [-0.1, -0.05) is 6.08 Å². The molecule has 0 saturated carbocycles. The van der Waals surface area contributed by atoms with Gasteiger partial charge in [0.1, 0.15) is 5.78 Å². The summed E-state index contributed by atoms with van der Waals surface area (Å²) in [5, 5.41) is 2.25. The van der Waals surface area contributed by atoms with Crippen LogP contribution in [-0.2, 0) is 14.7 Å². The molecule has 0 spiro atoms. The summed E-state index contributed by atoms with van der Waals surface area (Å²) in [6, 6.07) is 0. The molecule has 0 aliphatic heterocycles. The van der Waals surface area contributed by atoms with Crippen LogP contribution < -0.4 is 5.32 Å². The van der Waals surface area contributed by atoms with Gasteiger partial charge >= 0.3 is 7.60 Å². The predicted molar refractivity (Wildman–Crippen MR) is 50.4 cm³/mol. The average Bonchev–Trinajstić information content (AvgIpc) is 1.93. The fourth-order valence-electron chi connectivity index (χ4n) is 0.675. The standard InChI is InChI=1S/C5H12NO6PS/c1-2-5(13(7,8)9)6-3-4-14(10,11)12/h2,5-6H,1,3-4H2,(H2,7,8,9)(H,10,11,12). The van der Waals surface area contributed by atoms with Crippen LogP contribution in [0.15, 0.2) is 12.7 Å². The molecule has 0 saturated heterocycles. The van der Waals surface area contributed by atoms with Gasteiger partial charge in [0.25, 0.3) is 10.1 Å². The lowest BCUT2D eigenvalue weighted by Crippen LogP contribution is -2.31. The highest BCUT2D eigenvalue weighted by molar-refractivity contribution is 7.85. The molecule has 0 heterocycles. The maximum atomic E-state index is 10.7. The molecule has 0 amide bonds. The fourth-order valence-corrected chi connectivity index (χ4v) is 1.69. The minimum absolute atomic E-state index is 0.263. The molecule has 14 heavy (non-hydrogen) atoms. The Labute approximate surface area is 81.7 Å².